The Morgan fingerprint density at radius 2 is 1.83 bits per heavy atom. The number of hydrogen-bond donors (Lipinski definition) is 4. The topological polar surface area (TPSA) is 133 Å². The first-order valence-electron chi connectivity index (χ1n) is 14.0. The first-order valence-corrected chi connectivity index (χ1v) is 14.9. The normalized spacial score (nSPS) is 15.9. The maximum Gasteiger partial charge on any atom is 0.262 e. The van der Waals surface area contributed by atoms with Crippen molar-refractivity contribution in [1.82, 2.24) is 21.3 Å². The summed E-state index contributed by atoms with van der Waals surface area (Å²) in [5.41, 5.74) is 1.69. The molecule has 0 aliphatic carbocycles. The van der Waals surface area contributed by atoms with Gasteiger partial charge in [-0.25, -0.2) is 0 Å². The molecule has 4 amide bonds. The van der Waals surface area contributed by atoms with Crippen LogP contribution in [0.1, 0.15) is 53.9 Å². The highest BCUT2D eigenvalue weighted by Crippen LogP contribution is 2.21. The minimum atomic E-state index is -0.939. The van der Waals surface area contributed by atoms with Crippen LogP contribution in [0.25, 0.3) is 10.8 Å². The number of piperidine rings is 1. The maximum atomic E-state index is 13.3. The lowest BCUT2D eigenvalue weighted by Crippen LogP contribution is -2.51. The number of fused-ring (bicyclic) bond motifs is 1. The monoisotopic (exact) mass is 578 g/mol. The molecule has 41 heavy (non-hydrogen) atoms. The van der Waals surface area contributed by atoms with Crippen molar-refractivity contribution in [3.63, 3.8) is 0 Å². The van der Waals surface area contributed by atoms with Crippen LogP contribution in [0.15, 0.2) is 53.9 Å². The molecule has 10 heteroatoms. The third-order valence-corrected chi connectivity index (χ3v) is 7.88. The molecule has 1 saturated heterocycles. The molecule has 0 bridgehead atoms. The highest BCUT2D eigenvalue weighted by Gasteiger charge is 2.27. The number of carbonyl (C=O) groups excluding carboxylic acids is 5. The summed E-state index contributed by atoms with van der Waals surface area (Å²) in [6, 6.07) is 13.6. The third-order valence-electron chi connectivity index (χ3n) is 6.87. The second-order valence-corrected chi connectivity index (χ2v) is 10.6. The molecule has 9 nitrogen and oxygen atoms in total. The number of aldehydes is 1. The average Bonchev–Trinajstić information content (AvgIpc) is 3.43. The summed E-state index contributed by atoms with van der Waals surface area (Å²) in [4.78, 5) is 62.9. The lowest BCUT2D eigenvalue weighted by molar-refractivity contribution is -0.129. The van der Waals surface area contributed by atoms with E-state index in [1.54, 1.807) is 0 Å². The fourth-order valence-corrected chi connectivity index (χ4v) is 5.62. The number of carbonyl (C=O) groups is 5. The lowest BCUT2D eigenvalue weighted by atomic mass is 9.92. The smallest absolute Gasteiger partial charge is 0.262 e. The molecule has 1 aliphatic heterocycles. The number of thiophene rings is 1. The van der Waals surface area contributed by atoms with E-state index in [4.69, 9.17) is 0 Å². The molecule has 3 unspecified atom stereocenters. The molecule has 1 aliphatic rings. The van der Waals surface area contributed by atoms with Crippen molar-refractivity contribution < 1.29 is 24.0 Å². The highest BCUT2D eigenvalue weighted by molar-refractivity contribution is 7.12. The van der Waals surface area contributed by atoms with Gasteiger partial charge in [0.05, 0.1) is 17.5 Å². The van der Waals surface area contributed by atoms with Crippen LogP contribution in [-0.2, 0) is 25.6 Å². The van der Waals surface area contributed by atoms with Crippen molar-refractivity contribution in [2.24, 2.45) is 5.92 Å². The Labute approximate surface area is 244 Å². The van der Waals surface area contributed by atoms with Gasteiger partial charge in [-0.1, -0.05) is 56.3 Å². The Bertz CT molecular complexity index is 1370. The van der Waals surface area contributed by atoms with Gasteiger partial charge in [-0.15, -0.1) is 11.3 Å². The van der Waals surface area contributed by atoms with Gasteiger partial charge in [-0.2, -0.15) is 0 Å². The van der Waals surface area contributed by atoms with Crippen LogP contribution < -0.4 is 21.3 Å². The van der Waals surface area contributed by atoms with Crippen molar-refractivity contribution in [3.05, 3.63) is 69.9 Å². The second kappa shape index (κ2) is 15.7. The first kappa shape index (κ1) is 31.5. The van der Waals surface area contributed by atoms with E-state index in [9.17, 15) is 24.0 Å². The van der Waals surface area contributed by atoms with Crippen LogP contribution in [0.4, 0.5) is 0 Å². The summed E-state index contributed by atoms with van der Waals surface area (Å²) in [7, 11) is 0. The third kappa shape index (κ3) is 8.72. The molecule has 2 heterocycles. The van der Waals surface area contributed by atoms with Crippen LogP contribution >= 0.6 is 11.3 Å². The summed E-state index contributed by atoms with van der Waals surface area (Å²) < 4.78 is 0. The van der Waals surface area contributed by atoms with Gasteiger partial charge in [-0.05, 0) is 59.5 Å². The van der Waals surface area contributed by atoms with E-state index in [1.807, 2.05) is 74.7 Å². The molecule has 0 saturated carbocycles. The van der Waals surface area contributed by atoms with Gasteiger partial charge in [0.25, 0.3) is 5.91 Å². The quantitative estimate of drug-likeness (QED) is 0.259. The van der Waals surface area contributed by atoms with Gasteiger partial charge in [0.2, 0.25) is 17.7 Å². The molecule has 3 atom stereocenters. The molecule has 218 valence electrons. The summed E-state index contributed by atoms with van der Waals surface area (Å²) in [5, 5.41) is 14.6. The Morgan fingerprint density at radius 3 is 2.54 bits per heavy atom. The summed E-state index contributed by atoms with van der Waals surface area (Å²) in [6.07, 6.45) is 2.50. The van der Waals surface area contributed by atoms with Crippen molar-refractivity contribution in [1.29, 1.82) is 0 Å². The number of hydrogen-bond acceptors (Lipinski definition) is 6. The Morgan fingerprint density at radius 1 is 1.07 bits per heavy atom. The highest BCUT2D eigenvalue weighted by atomic mass is 32.1. The zero-order valence-electron chi connectivity index (χ0n) is 23.7. The minimum absolute atomic E-state index is 0.122. The zero-order valence-corrected chi connectivity index (χ0v) is 24.5. The molecule has 4 N–H and O–H groups in total. The van der Waals surface area contributed by atoms with E-state index in [0.717, 1.165) is 28.3 Å². The predicted octanol–water partition coefficient (Wildman–Crippen LogP) is 3.29. The summed E-state index contributed by atoms with van der Waals surface area (Å²) in [5.74, 6) is -1.90. The molecule has 1 fully saturated rings. The largest absolute Gasteiger partial charge is 0.356 e. The number of nitrogens with one attached hydrogen (secondary N) is 4. The molecule has 1 aromatic heterocycles. The number of benzene rings is 2. The van der Waals surface area contributed by atoms with Crippen molar-refractivity contribution in [2.45, 2.75) is 58.5 Å². The van der Waals surface area contributed by atoms with Gasteiger partial charge >= 0.3 is 0 Å². The minimum Gasteiger partial charge on any atom is -0.356 e. The van der Waals surface area contributed by atoms with E-state index in [2.05, 4.69) is 21.3 Å². The molecule has 0 radical (unpaired) electrons. The van der Waals surface area contributed by atoms with E-state index < -0.39 is 23.9 Å². The Kier molecular flexibility index (Phi) is 12.0. The van der Waals surface area contributed by atoms with E-state index in [1.165, 1.54) is 11.3 Å². The standard InChI is InChI=1S/C29H32N4O5S.C2H6/c1-18-11-13-39-26(18)29(38)33-24(15-20-8-4-7-19-6-2-3-10-23(19)20)28(37)31-16-25(35)32-22(17-34)14-21-9-5-12-30-27(21)36;1-2/h2-4,6-8,10-11,13,17,21-22,24H,5,9,12,14-16H2,1H3,(H,30,36)(H,31,37)(H,32,35)(H,33,38);1-2H3. The molecule has 0 spiro atoms. The molecule has 4 rings (SSSR count). The zero-order chi connectivity index (χ0) is 29.8. The summed E-state index contributed by atoms with van der Waals surface area (Å²) in [6.45, 7) is 6.07. The van der Waals surface area contributed by atoms with Crippen molar-refractivity contribution in [2.75, 3.05) is 13.1 Å². The van der Waals surface area contributed by atoms with Crippen LogP contribution in [-0.4, -0.2) is 55.1 Å². The predicted molar refractivity (Wildman–Crippen MR) is 161 cm³/mol. The van der Waals surface area contributed by atoms with Crippen molar-refractivity contribution >= 4 is 52.0 Å². The van der Waals surface area contributed by atoms with E-state index in [0.29, 0.717) is 24.1 Å². The second-order valence-electron chi connectivity index (χ2n) is 9.69. The van der Waals surface area contributed by atoms with Gasteiger partial charge in [-0.3, -0.25) is 19.2 Å². The molecule has 3 aromatic rings. The van der Waals surface area contributed by atoms with Crippen LogP contribution in [0.3, 0.4) is 0 Å². The van der Waals surface area contributed by atoms with Crippen LogP contribution in [0, 0.1) is 12.8 Å². The van der Waals surface area contributed by atoms with Crippen molar-refractivity contribution in [3.8, 4) is 0 Å². The average molecular weight is 579 g/mol. The summed E-state index contributed by atoms with van der Waals surface area (Å²) >= 11 is 1.29. The SMILES string of the molecule is CC.Cc1ccsc1C(=O)NC(Cc1cccc2ccccc12)C(=O)NCC(=O)NC(C=O)CC1CCCNC1=O. The van der Waals surface area contributed by atoms with Gasteiger partial charge in [0, 0.05) is 18.9 Å². The first-order chi connectivity index (χ1) is 19.9. The maximum absolute atomic E-state index is 13.3. The fourth-order valence-electron chi connectivity index (χ4n) is 4.79. The number of aryl methyl sites for hydroxylation is 1. The van der Waals surface area contributed by atoms with Crippen LogP contribution in [0.2, 0.25) is 0 Å². The van der Waals surface area contributed by atoms with Gasteiger partial charge in [0.15, 0.2) is 0 Å². The Hall–Kier alpha value is -4.05. The molecule has 2 aromatic carbocycles. The fraction of sp³-hybridized carbons (Fsp3) is 0.387. The lowest BCUT2D eigenvalue weighted by Gasteiger charge is -2.24. The number of amides is 4. The number of rotatable bonds is 11. The Balaban J connectivity index is 0.00000226. The van der Waals surface area contributed by atoms with E-state index >= 15 is 0 Å². The van der Waals surface area contributed by atoms with E-state index in [-0.39, 0.29) is 37.1 Å². The van der Waals surface area contributed by atoms with Gasteiger partial charge < -0.3 is 26.1 Å². The molecular weight excluding hydrogens is 540 g/mol. The van der Waals surface area contributed by atoms with Gasteiger partial charge in [0.1, 0.15) is 12.3 Å². The molecular formula is C31H38N4O5S. The van der Waals surface area contributed by atoms with Crippen LogP contribution in [0.5, 0.6) is 0 Å².